The summed E-state index contributed by atoms with van der Waals surface area (Å²) >= 11 is 0. The van der Waals surface area contributed by atoms with E-state index in [2.05, 4.69) is 20.7 Å². The highest BCUT2D eigenvalue weighted by Gasteiger charge is 2.67. The molecule has 242 valence electrons. The first kappa shape index (κ1) is 31.4. The molecule has 1 aliphatic carbocycles. The fourth-order valence-electron chi connectivity index (χ4n) is 6.86. The Morgan fingerprint density at radius 1 is 1.11 bits per heavy atom. The number of allylic oxidation sites excluding steroid dienone is 2. The van der Waals surface area contributed by atoms with Gasteiger partial charge < -0.3 is 15.5 Å². The molecule has 10 nitrogen and oxygen atoms in total. The Hall–Kier alpha value is -4.55. The molecule has 2 aliphatic heterocycles. The predicted octanol–water partition coefficient (Wildman–Crippen LogP) is 4.67. The zero-order valence-corrected chi connectivity index (χ0v) is 25.8. The summed E-state index contributed by atoms with van der Waals surface area (Å²) in [6.45, 7) is 4.89. The molecule has 0 radical (unpaired) electrons. The maximum atomic E-state index is 14.2. The second kappa shape index (κ2) is 11.7. The Kier molecular flexibility index (Phi) is 7.97. The summed E-state index contributed by atoms with van der Waals surface area (Å²) in [6, 6.07) is 4.56. The Morgan fingerprint density at radius 2 is 1.89 bits per heavy atom. The monoisotopic (exact) mass is 636 g/mol. The molecule has 1 saturated heterocycles. The van der Waals surface area contributed by atoms with Gasteiger partial charge in [-0.05, 0) is 69.2 Å². The Morgan fingerprint density at radius 3 is 2.63 bits per heavy atom. The number of aromatic nitrogens is 3. The van der Waals surface area contributed by atoms with Crippen LogP contribution in [0.4, 0.5) is 19.0 Å². The zero-order chi connectivity index (χ0) is 33.0. The van der Waals surface area contributed by atoms with Crippen LogP contribution in [0.2, 0.25) is 0 Å². The summed E-state index contributed by atoms with van der Waals surface area (Å²) in [7, 11) is 0. The highest BCUT2D eigenvalue weighted by molar-refractivity contribution is 6.06. The van der Waals surface area contributed by atoms with Gasteiger partial charge in [-0.15, -0.1) is 0 Å². The van der Waals surface area contributed by atoms with Gasteiger partial charge in [-0.25, -0.2) is 4.98 Å². The van der Waals surface area contributed by atoms with Crippen LogP contribution in [0.5, 0.6) is 0 Å². The SMILES string of the molecule is CC(=O)c1nn2c3c(cc(C)cc13)C/C=C/CCCC(=O)NC[C@@]13C[C@@H](C(=O)Nc4nc(C(F)(F)F)ccc4C)N(C(=O)C2)[C@@H]1C3. The molecule has 6 rings (SSSR count). The quantitative estimate of drug-likeness (QED) is 0.318. The smallest absolute Gasteiger partial charge is 0.355 e. The molecule has 3 aromatic rings. The van der Waals surface area contributed by atoms with Crippen molar-refractivity contribution >= 4 is 40.2 Å². The molecule has 2 N–H and O–H groups in total. The van der Waals surface area contributed by atoms with E-state index in [0.29, 0.717) is 48.6 Å². The average Bonchev–Trinajstić information content (AvgIpc) is 3.40. The molecule has 2 fully saturated rings. The molecule has 4 heterocycles. The number of carbonyl (C=O) groups excluding carboxylic acids is 4. The molecule has 2 bridgehead atoms. The molecule has 2 aromatic heterocycles. The molecule has 1 aromatic carbocycles. The van der Waals surface area contributed by atoms with Gasteiger partial charge in [0.25, 0.3) is 0 Å². The fourth-order valence-corrected chi connectivity index (χ4v) is 6.86. The van der Waals surface area contributed by atoms with Crippen molar-refractivity contribution in [3.63, 3.8) is 0 Å². The third-order valence-corrected chi connectivity index (χ3v) is 9.24. The lowest BCUT2D eigenvalue weighted by molar-refractivity contribution is -0.141. The number of halogens is 3. The van der Waals surface area contributed by atoms with Crippen molar-refractivity contribution in [2.24, 2.45) is 5.41 Å². The number of alkyl halides is 3. The summed E-state index contributed by atoms with van der Waals surface area (Å²) in [4.78, 5) is 58.3. The molecule has 0 unspecified atom stereocenters. The van der Waals surface area contributed by atoms with Crippen molar-refractivity contribution in [2.45, 2.75) is 84.1 Å². The summed E-state index contributed by atoms with van der Waals surface area (Å²) < 4.78 is 41.7. The highest BCUT2D eigenvalue weighted by atomic mass is 19.4. The largest absolute Gasteiger partial charge is 0.433 e. The first-order valence-electron chi connectivity index (χ1n) is 15.4. The number of pyridine rings is 1. The number of benzene rings is 1. The number of hydrogen-bond acceptors (Lipinski definition) is 6. The van der Waals surface area contributed by atoms with Gasteiger partial charge in [-0.1, -0.05) is 29.8 Å². The molecular formula is C33H35F3N6O4. The summed E-state index contributed by atoms with van der Waals surface area (Å²) in [5.74, 6) is -1.68. The Bertz CT molecular complexity index is 1800. The lowest BCUT2D eigenvalue weighted by atomic mass is 9.98. The van der Waals surface area contributed by atoms with E-state index in [4.69, 9.17) is 0 Å². The van der Waals surface area contributed by atoms with Crippen molar-refractivity contribution < 1.29 is 32.3 Å². The summed E-state index contributed by atoms with van der Waals surface area (Å²) in [6.07, 6.45) is 2.29. The molecule has 0 spiro atoms. The van der Waals surface area contributed by atoms with Crippen LogP contribution in [0.3, 0.4) is 0 Å². The van der Waals surface area contributed by atoms with Gasteiger partial charge >= 0.3 is 6.18 Å². The van der Waals surface area contributed by atoms with Crippen molar-refractivity contribution in [2.75, 3.05) is 11.9 Å². The van der Waals surface area contributed by atoms with Crippen LogP contribution in [-0.2, 0) is 33.5 Å². The van der Waals surface area contributed by atoms with E-state index in [1.807, 2.05) is 31.2 Å². The Labute approximate surface area is 263 Å². The number of ketones is 1. The van der Waals surface area contributed by atoms with Crippen molar-refractivity contribution in [3.05, 3.63) is 64.5 Å². The predicted molar refractivity (Wildman–Crippen MR) is 163 cm³/mol. The van der Waals surface area contributed by atoms with Gasteiger partial charge in [0.1, 0.15) is 29.8 Å². The maximum Gasteiger partial charge on any atom is 0.433 e. The minimum Gasteiger partial charge on any atom is -0.355 e. The Balaban J connectivity index is 1.38. The molecular weight excluding hydrogens is 601 g/mol. The van der Waals surface area contributed by atoms with Crippen LogP contribution in [0.1, 0.15) is 71.9 Å². The van der Waals surface area contributed by atoms with Crippen LogP contribution in [0.25, 0.3) is 10.9 Å². The topological polar surface area (TPSA) is 126 Å². The highest BCUT2D eigenvalue weighted by Crippen LogP contribution is 2.59. The first-order chi connectivity index (χ1) is 21.8. The molecule has 13 heteroatoms. The van der Waals surface area contributed by atoms with Gasteiger partial charge in [0.15, 0.2) is 5.78 Å². The van der Waals surface area contributed by atoms with Crippen LogP contribution >= 0.6 is 0 Å². The molecule has 3 amide bonds. The number of nitrogens with one attached hydrogen (secondary N) is 2. The minimum atomic E-state index is -4.70. The first-order valence-corrected chi connectivity index (χ1v) is 15.4. The minimum absolute atomic E-state index is 0.121. The van der Waals surface area contributed by atoms with Crippen molar-refractivity contribution in [1.82, 2.24) is 25.0 Å². The van der Waals surface area contributed by atoms with Crippen LogP contribution in [0, 0.1) is 19.3 Å². The van der Waals surface area contributed by atoms with E-state index in [9.17, 15) is 32.3 Å². The number of nitrogens with zero attached hydrogens (tertiary/aromatic N) is 4. The van der Waals surface area contributed by atoms with E-state index in [1.165, 1.54) is 29.5 Å². The van der Waals surface area contributed by atoms with Crippen LogP contribution < -0.4 is 10.6 Å². The number of rotatable bonds is 3. The lowest BCUT2D eigenvalue weighted by Crippen LogP contribution is -2.47. The summed E-state index contributed by atoms with van der Waals surface area (Å²) in [5, 5.41) is 10.7. The van der Waals surface area contributed by atoms with Crippen LogP contribution in [-0.4, -0.2) is 61.8 Å². The second-order valence-electron chi connectivity index (χ2n) is 12.7. The number of anilines is 1. The summed E-state index contributed by atoms with van der Waals surface area (Å²) in [5.41, 5.74) is 1.36. The van der Waals surface area contributed by atoms with Gasteiger partial charge in [-0.2, -0.15) is 18.3 Å². The number of aryl methyl sites for hydroxylation is 2. The normalized spacial score (nSPS) is 24.3. The lowest BCUT2D eigenvalue weighted by Gasteiger charge is -2.27. The van der Waals surface area contributed by atoms with Crippen molar-refractivity contribution in [3.8, 4) is 0 Å². The fraction of sp³-hybridized carbons (Fsp3) is 0.455. The van der Waals surface area contributed by atoms with E-state index >= 15 is 0 Å². The van der Waals surface area contributed by atoms with Crippen molar-refractivity contribution in [1.29, 1.82) is 0 Å². The number of carbonyl (C=O) groups is 4. The maximum absolute atomic E-state index is 14.2. The number of amides is 3. The molecule has 46 heavy (non-hydrogen) atoms. The van der Waals surface area contributed by atoms with Gasteiger partial charge in [0.2, 0.25) is 17.7 Å². The van der Waals surface area contributed by atoms with E-state index in [0.717, 1.165) is 17.2 Å². The third-order valence-electron chi connectivity index (χ3n) is 9.24. The van der Waals surface area contributed by atoms with Crippen LogP contribution in [0.15, 0.2) is 36.4 Å². The third kappa shape index (κ3) is 5.90. The number of Topliss-reactive ketones (excluding diaryl/α,β-unsaturated/α-hetero) is 1. The van der Waals surface area contributed by atoms with Gasteiger partial charge in [-0.3, -0.25) is 23.9 Å². The van der Waals surface area contributed by atoms with E-state index < -0.39 is 35.1 Å². The average molecular weight is 637 g/mol. The number of hydrogen-bond donors (Lipinski definition) is 2. The molecule has 3 atom stereocenters. The second-order valence-corrected chi connectivity index (χ2v) is 12.7. The van der Waals surface area contributed by atoms with E-state index in [1.54, 1.807) is 0 Å². The van der Waals surface area contributed by atoms with Gasteiger partial charge in [0.05, 0.1) is 5.52 Å². The molecule has 3 aliphatic rings. The van der Waals surface area contributed by atoms with Gasteiger partial charge in [0, 0.05) is 36.7 Å². The molecule has 1 saturated carbocycles. The number of piperidine rings is 1. The van der Waals surface area contributed by atoms with E-state index in [-0.39, 0.29) is 48.8 Å². The zero-order valence-electron chi connectivity index (χ0n) is 25.8. The standard InChI is InChI=1S/C33H35F3N6O4/c1-18-12-21-8-6-4-5-7-9-26(44)37-17-32-14-23(31(46)39-30-19(2)10-11-24(38-30)33(34,35)36)42(25(32)15-32)27(45)16-41-29(21)22(13-18)28(40-41)20(3)43/h4,6,10-13,23,25H,5,7-9,14-17H2,1-3H3,(H,37,44)(H,38,39,46)/b6-4+/t23-,25+,32-/m0/s1.